The summed E-state index contributed by atoms with van der Waals surface area (Å²) in [4.78, 5) is 21.9. The molecule has 2 aliphatic rings. The van der Waals surface area contributed by atoms with Gasteiger partial charge in [-0.15, -0.1) is 0 Å². The minimum absolute atomic E-state index is 0.186. The van der Waals surface area contributed by atoms with E-state index in [-0.39, 0.29) is 11.8 Å². The first-order valence-corrected chi connectivity index (χ1v) is 7.69. The lowest BCUT2D eigenvalue weighted by Crippen LogP contribution is -2.27. The SMILES string of the molecule is O=C1C[C@H](c2ncc(-c3cccc(Cl)c3)[nH]2)CN1C1CC1. The first-order chi connectivity index (χ1) is 10.2. The highest BCUT2D eigenvalue weighted by molar-refractivity contribution is 6.30. The van der Waals surface area contributed by atoms with Gasteiger partial charge in [-0.1, -0.05) is 23.7 Å². The molecule has 1 aliphatic carbocycles. The second-order valence-electron chi connectivity index (χ2n) is 5.87. The molecule has 1 aliphatic heterocycles. The topological polar surface area (TPSA) is 49.0 Å². The Morgan fingerprint density at radius 2 is 2.19 bits per heavy atom. The van der Waals surface area contributed by atoms with Crippen molar-refractivity contribution in [2.75, 3.05) is 6.54 Å². The van der Waals surface area contributed by atoms with Crippen molar-refractivity contribution in [3.05, 3.63) is 41.3 Å². The van der Waals surface area contributed by atoms with Gasteiger partial charge in [0, 0.05) is 35.5 Å². The fraction of sp³-hybridized carbons (Fsp3) is 0.375. The predicted molar refractivity (Wildman–Crippen MR) is 81.1 cm³/mol. The van der Waals surface area contributed by atoms with Gasteiger partial charge in [0.25, 0.3) is 0 Å². The van der Waals surface area contributed by atoms with Gasteiger partial charge in [-0.2, -0.15) is 0 Å². The summed E-state index contributed by atoms with van der Waals surface area (Å²) in [6.45, 7) is 0.798. The Morgan fingerprint density at radius 1 is 1.33 bits per heavy atom. The minimum atomic E-state index is 0.186. The number of amides is 1. The van der Waals surface area contributed by atoms with Gasteiger partial charge in [0.15, 0.2) is 0 Å². The van der Waals surface area contributed by atoms with Crippen molar-refractivity contribution in [3.63, 3.8) is 0 Å². The summed E-state index contributed by atoms with van der Waals surface area (Å²) < 4.78 is 0. The average molecular weight is 302 g/mol. The van der Waals surface area contributed by atoms with E-state index >= 15 is 0 Å². The van der Waals surface area contributed by atoms with Gasteiger partial charge >= 0.3 is 0 Å². The summed E-state index contributed by atoms with van der Waals surface area (Å²) >= 11 is 6.02. The smallest absolute Gasteiger partial charge is 0.223 e. The fourth-order valence-corrected chi connectivity index (χ4v) is 3.19. The maximum Gasteiger partial charge on any atom is 0.223 e. The van der Waals surface area contributed by atoms with Crippen molar-refractivity contribution >= 4 is 17.5 Å². The number of carbonyl (C=O) groups excluding carboxylic acids is 1. The molecule has 0 unspecified atom stereocenters. The third kappa shape index (κ3) is 2.44. The Bertz CT molecular complexity index is 692. The summed E-state index contributed by atoms with van der Waals surface area (Å²) in [5, 5.41) is 0.708. The largest absolute Gasteiger partial charge is 0.342 e. The summed E-state index contributed by atoms with van der Waals surface area (Å²) in [5.41, 5.74) is 1.97. The first kappa shape index (κ1) is 12.9. The van der Waals surface area contributed by atoms with E-state index in [0.717, 1.165) is 36.5 Å². The molecule has 0 bridgehead atoms. The van der Waals surface area contributed by atoms with E-state index in [4.69, 9.17) is 11.6 Å². The molecule has 1 saturated heterocycles. The zero-order valence-electron chi connectivity index (χ0n) is 11.6. The lowest BCUT2D eigenvalue weighted by molar-refractivity contribution is -0.128. The van der Waals surface area contributed by atoms with Crippen LogP contribution in [-0.4, -0.2) is 33.4 Å². The normalized spacial score (nSPS) is 22.0. The Hall–Kier alpha value is -1.81. The fourth-order valence-electron chi connectivity index (χ4n) is 3.00. The van der Waals surface area contributed by atoms with Gasteiger partial charge in [0.2, 0.25) is 5.91 Å². The molecule has 1 saturated carbocycles. The van der Waals surface area contributed by atoms with Crippen molar-refractivity contribution in [2.24, 2.45) is 0 Å². The number of nitrogens with zero attached hydrogens (tertiary/aromatic N) is 2. The van der Waals surface area contributed by atoms with Crippen molar-refractivity contribution in [1.82, 2.24) is 14.9 Å². The highest BCUT2D eigenvalue weighted by Gasteiger charge is 2.40. The third-order valence-electron chi connectivity index (χ3n) is 4.26. The van der Waals surface area contributed by atoms with Crippen LogP contribution in [0.1, 0.15) is 31.0 Å². The number of hydrogen-bond donors (Lipinski definition) is 1. The molecule has 0 spiro atoms. The van der Waals surface area contributed by atoms with Crippen LogP contribution in [0, 0.1) is 0 Å². The van der Waals surface area contributed by atoms with E-state index in [1.165, 1.54) is 0 Å². The molecule has 2 fully saturated rings. The van der Waals surface area contributed by atoms with E-state index in [1.54, 1.807) is 0 Å². The summed E-state index contributed by atoms with van der Waals surface area (Å²) in [6.07, 6.45) is 4.71. The van der Waals surface area contributed by atoms with Crippen molar-refractivity contribution < 1.29 is 4.79 Å². The maximum absolute atomic E-state index is 12.0. The van der Waals surface area contributed by atoms with Crippen molar-refractivity contribution in [2.45, 2.75) is 31.2 Å². The molecule has 4 rings (SSSR count). The van der Waals surface area contributed by atoms with Crippen molar-refractivity contribution in [1.29, 1.82) is 0 Å². The number of carbonyl (C=O) groups is 1. The van der Waals surface area contributed by atoms with Crippen LogP contribution in [0.3, 0.4) is 0 Å². The molecule has 2 aromatic rings. The van der Waals surface area contributed by atoms with E-state index in [9.17, 15) is 4.79 Å². The van der Waals surface area contributed by atoms with Crippen molar-refractivity contribution in [3.8, 4) is 11.3 Å². The highest BCUT2D eigenvalue weighted by Crippen LogP contribution is 2.36. The number of nitrogens with one attached hydrogen (secondary N) is 1. The molecule has 108 valence electrons. The van der Waals surface area contributed by atoms with E-state index in [1.807, 2.05) is 35.4 Å². The summed E-state index contributed by atoms with van der Waals surface area (Å²) in [6, 6.07) is 8.18. The Kier molecular flexibility index (Phi) is 3.00. The number of imidazole rings is 1. The number of aromatic amines is 1. The molecule has 21 heavy (non-hydrogen) atoms. The Labute approximate surface area is 128 Å². The highest BCUT2D eigenvalue weighted by atomic mass is 35.5. The average Bonchev–Trinajstić information content (AvgIpc) is 3.05. The van der Waals surface area contributed by atoms with Crippen LogP contribution in [0.2, 0.25) is 5.02 Å². The summed E-state index contributed by atoms with van der Waals surface area (Å²) in [7, 11) is 0. The van der Waals surface area contributed by atoms with Crippen LogP contribution in [0.15, 0.2) is 30.5 Å². The lowest BCUT2D eigenvalue weighted by Gasteiger charge is -2.14. The monoisotopic (exact) mass is 301 g/mol. The minimum Gasteiger partial charge on any atom is -0.342 e. The number of halogens is 1. The first-order valence-electron chi connectivity index (χ1n) is 7.31. The lowest BCUT2D eigenvalue weighted by atomic mass is 10.1. The molecule has 1 atom stereocenters. The van der Waals surface area contributed by atoms with E-state index in [2.05, 4.69) is 9.97 Å². The van der Waals surface area contributed by atoms with Crippen LogP contribution in [0.25, 0.3) is 11.3 Å². The molecule has 1 amide bonds. The summed E-state index contributed by atoms with van der Waals surface area (Å²) in [5.74, 6) is 1.36. The molecule has 4 nitrogen and oxygen atoms in total. The standard InChI is InChI=1S/C16H16ClN3O/c17-12-3-1-2-10(6-12)14-8-18-16(19-14)11-7-15(21)20(9-11)13-4-5-13/h1-3,6,8,11,13H,4-5,7,9H2,(H,18,19)/t11-/m0/s1. The zero-order chi connectivity index (χ0) is 14.4. The van der Waals surface area contributed by atoms with Crippen LogP contribution in [0.5, 0.6) is 0 Å². The van der Waals surface area contributed by atoms with Crippen LogP contribution in [0.4, 0.5) is 0 Å². The van der Waals surface area contributed by atoms with E-state index < -0.39 is 0 Å². The molecule has 5 heteroatoms. The molecule has 1 aromatic carbocycles. The Morgan fingerprint density at radius 3 is 2.95 bits per heavy atom. The van der Waals surface area contributed by atoms with Crippen LogP contribution in [-0.2, 0) is 4.79 Å². The number of benzene rings is 1. The van der Waals surface area contributed by atoms with Crippen LogP contribution >= 0.6 is 11.6 Å². The predicted octanol–water partition coefficient (Wildman–Crippen LogP) is 3.21. The number of aromatic nitrogens is 2. The molecule has 1 aromatic heterocycles. The number of H-pyrrole nitrogens is 1. The zero-order valence-corrected chi connectivity index (χ0v) is 12.3. The Balaban J connectivity index is 1.56. The van der Waals surface area contributed by atoms with Crippen LogP contribution < -0.4 is 0 Å². The van der Waals surface area contributed by atoms with Gasteiger partial charge in [-0.25, -0.2) is 4.98 Å². The van der Waals surface area contributed by atoms with E-state index in [0.29, 0.717) is 17.5 Å². The second kappa shape index (κ2) is 4.88. The van der Waals surface area contributed by atoms with Gasteiger partial charge < -0.3 is 9.88 Å². The molecule has 0 radical (unpaired) electrons. The molecular formula is C16H16ClN3O. The van der Waals surface area contributed by atoms with Gasteiger partial charge in [0.05, 0.1) is 11.9 Å². The molecular weight excluding hydrogens is 286 g/mol. The van der Waals surface area contributed by atoms with Gasteiger partial charge in [0.1, 0.15) is 5.82 Å². The number of rotatable bonds is 3. The number of likely N-dealkylation sites (tertiary alicyclic amines) is 1. The quantitative estimate of drug-likeness (QED) is 0.946. The van der Waals surface area contributed by atoms with Gasteiger partial charge in [-0.3, -0.25) is 4.79 Å². The second-order valence-corrected chi connectivity index (χ2v) is 6.31. The molecule has 2 heterocycles. The maximum atomic E-state index is 12.0. The number of hydrogen-bond acceptors (Lipinski definition) is 2. The molecule has 1 N–H and O–H groups in total. The third-order valence-corrected chi connectivity index (χ3v) is 4.50. The van der Waals surface area contributed by atoms with Gasteiger partial charge in [-0.05, 0) is 25.0 Å².